The first-order valence-corrected chi connectivity index (χ1v) is 8.96. The topological polar surface area (TPSA) is 132 Å². The van der Waals surface area contributed by atoms with E-state index in [0.29, 0.717) is 11.3 Å². The number of nitro benzene ring substituents is 1. The summed E-state index contributed by atoms with van der Waals surface area (Å²) < 4.78 is 1.23. The summed E-state index contributed by atoms with van der Waals surface area (Å²) >= 11 is 0. The highest BCUT2D eigenvalue weighted by Gasteiger charge is 2.17. The number of anilines is 1. The van der Waals surface area contributed by atoms with Crippen LogP contribution >= 0.6 is 0 Å². The van der Waals surface area contributed by atoms with Crippen LogP contribution in [0.3, 0.4) is 0 Å². The van der Waals surface area contributed by atoms with E-state index in [4.69, 9.17) is 5.73 Å². The Balaban J connectivity index is 1.72. The van der Waals surface area contributed by atoms with Gasteiger partial charge in [-0.3, -0.25) is 20.0 Å². The predicted octanol–water partition coefficient (Wildman–Crippen LogP) is 4.74. The smallest absolute Gasteiger partial charge is 0.301 e. The van der Waals surface area contributed by atoms with Gasteiger partial charge in [0.25, 0.3) is 5.69 Å². The lowest BCUT2D eigenvalue weighted by molar-refractivity contribution is -0.384. The number of nitrogen functional groups attached to an aromatic ring is 1. The SMILES string of the molecule is Nc1[nH]n(-c2ccccc2)c(=O)c1N=Nc1ccc(-c2ccccc2)cc1[N+](=O)[O-]. The molecule has 0 aliphatic rings. The molecule has 1 heterocycles. The number of nitrogens with one attached hydrogen (secondary N) is 1. The summed E-state index contributed by atoms with van der Waals surface area (Å²) in [5.41, 5.74) is 7.13. The molecule has 4 aromatic rings. The van der Waals surface area contributed by atoms with Crippen LogP contribution in [-0.4, -0.2) is 14.7 Å². The maximum atomic E-state index is 12.6. The van der Waals surface area contributed by atoms with Gasteiger partial charge in [0.1, 0.15) is 5.82 Å². The fourth-order valence-electron chi connectivity index (χ4n) is 2.97. The second-order valence-corrected chi connectivity index (χ2v) is 6.38. The number of azo groups is 1. The molecule has 30 heavy (non-hydrogen) atoms. The fraction of sp³-hybridized carbons (Fsp3) is 0. The zero-order valence-electron chi connectivity index (χ0n) is 15.6. The molecule has 9 nitrogen and oxygen atoms in total. The molecule has 1 aromatic heterocycles. The van der Waals surface area contributed by atoms with Crippen molar-refractivity contribution in [1.29, 1.82) is 0 Å². The van der Waals surface area contributed by atoms with Crippen LogP contribution in [0.5, 0.6) is 0 Å². The number of nitrogens with two attached hydrogens (primary N) is 1. The molecule has 3 aromatic carbocycles. The molecule has 3 N–H and O–H groups in total. The van der Waals surface area contributed by atoms with E-state index in [1.807, 2.05) is 36.4 Å². The maximum absolute atomic E-state index is 12.6. The van der Waals surface area contributed by atoms with Crippen LogP contribution in [0.2, 0.25) is 0 Å². The van der Waals surface area contributed by atoms with Gasteiger partial charge in [0.05, 0.1) is 10.6 Å². The van der Waals surface area contributed by atoms with Gasteiger partial charge in [0.2, 0.25) is 0 Å². The van der Waals surface area contributed by atoms with Crippen LogP contribution in [0, 0.1) is 10.1 Å². The van der Waals surface area contributed by atoms with E-state index in [1.165, 1.54) is 16.8 Å². The van der Waals surface area contributed by atoms with Crippen molar-refractivity contribution in [3.8, 4) is 16.8 Å². The van der Waals surface area contributed by atoms with Crippen molar-refractivity contribution in [2.24, 2.45) is 10.2 Å². The van der Waals surface area contributed by atoms with Crippen LogP contribution in [0.15, 0.2) is 93.9 Å². The largest absolute Gasteiger partial charge is 0.382 e. The van der Waals surface area contributed by atoms with Crippen LogP contribution < -0.4 is 11.3 Å². The number of aromatic nitrogens is 2. The average molecular weight is 400 g/mol. The summed E-state index contributed by atoms with van der Waals surface area (Å²) in [5, 5.41) is 22.1. The molecule has 0 aliphatic carbocycles. The van der Waals surface area contributed by atoms with E-state index >= 15 is 0 Å². The molecule has 0 saturated heterocycles. The van der Waals surface area contributed by atoms with Gasteiger partial charge >= 0.3 is 5.56 Å². The molecule has 0 radical (unpaired) electrons. The summed E-state index contributed by atoms with van der Waals surface area (Å²) in [6.45, 7) is 0. The van der Waals surface area contributed by atoms with E-state index < -0.39 is 10.5 Å². The quantitative estimate of drug-likeness (QED) is 0.284. The Hall–Kier alpha value is -4.53. The minimum Gasteiger partial charge on any atom is -0.382 e. The fourth-order valence-corrected chi connectivity index (χ4v) is 2.97. The Labute approximate surface area is 170 Å². The average Bonchev–Trinajstić information content (AvgIpc) is 3.06. The van der Waals surface area contributed by atoms with Crippen molar-refractivity contribution in [2.45, 2.75) is 0 Å². The lowest BCUT2D eigenvalue weighted by Crippen LogP contribution is -2.13. The van der Waals surface area contributed by atoms with Crippen LogP contribution in [-0.2, 0) is 0 Å². The summed E-state index contributed by atoms with van der Waals surface area (Å²) in [4.78, 5) is 23.6. The first kappa shape index (κ1) is 18.8. The van der Waals surface area contributed by atoms with Gasteiger partial charge in [0, 0.05) is 6.07 Å². The molecule has 0 unspecified atom stereocenters. The van der Waals surface area contributed by atoms with Crippen molar-refractivity contribution in [2.75, 3.05) is 5.73 Å². The summed E-state index contributed by atoms with van der Waals surface area (Å²) in [5.74, 6) is 0.0103. The number of hydrogen-bond donors (Lipinski definition) is 2. The van der Waals surface area contributed by atoms with Gasteiger partial charge in [-0.2, -0.15) is 0 Å². The second-order valence-electron chi connectivity index (χ2n) is 6.38. The van der Waals surface area contributed by atoms with Crippen LogP contribution in [0.4, 0.5) is 22.9 Å². The van der Waals surface area contributed by atoms with Crippen molar-refractivity contribution >= 4 is 22.9 Å². The normalized spacial score (nSPS) is 11.1. The Bertz CT molecular complexity index is 1290. The Morgan fingerprint density at radius 3 is 2.23 bits per heavy atom. The molecular weight excluding hydrogens is 384 g/mol. The maximum Gasteiger partial charge on any atom is 0.301 e. The number of hydrogen-bond acceptors (Lipinski definition) is 6. The van der Waals surface area contributed by atoms with Crippen LogP contribution in [0.25, 0.3) is 16.8 Å². The molecule has 0 saturated carbocycles. The van der Waals surface area contributed by atoms with E-state index in [9.17, 15) is 14.9 Å². The number of aromatic amines is 1. The van der Waals surface area contributed by atoms with Gasteiger partial charge in [-0.15, -0.1) is 10.2 Å². The van der Waals surface area contributed by atoms with Crippen molar-refractivity contribution in [1.82, 2.24) is 9.78 Å². The van der Waals surface area contributed by atoms with Gasteiger partial charge in [-0.05, 0) is 29.3 Å². The number of H-pyrrole nitrogens is 1. The molecule has 0 amide bonds. The molecule has 0 bridgehead atoms. The number of nitro groups is 1. The lowest BCUT2D eigenvalue weighted by atomic mass is 10.0. The zero-order chi connectivity index (χ0) is 21.1. The molecule has 148 valence electrons. The second kappa shape index (κ2) is 7.84. The van der Waals surface area contributed by atoms with Crippen molar-refractivity contribution in [3.63, 3.8) is 0 Å². The Morgan fingerprint density at radius 1 is 0.900 bits per heavy atom. The highest BCUT2D eigenvalue weighted by Crippen LogP contribution is 2.33. The molecule has 0 atom stereocenters. The van der Waals surface area contributed by atoms with E-state index in [2.05, 4.69) is 15.3 Å². The van der Waals surface area contributed by atoms with E-state index in [-0.39, 0.29) is 22.9 Å². The molecule has 9 heteroatoms. The van der Waals surface area contributed by atoms with Gasteiger partial charge in [0.15, 0.2) is 11.4 Å². The highest BCUT2D eigenvalue weighted by molar-refractivity contribution is 5.72. The zero-order valence-corrected chi connectivity index (χ0v) is 15.6. The summed E-state index contributed by atoms with van der Waals surface area (Å²) in [7, 11) is 0. The molecule has 0 aliphatic heterocycles. The number of nitrogens with zero attached hydrogens (tertiary/aromatic N) is 4. The minimum atomic E-state index is -0.538. The summed E-state index contributed by atoms with van der Waals surface area (Å²) in [6.07, 6.45) is 0. The van der Waals surface area contributed by atoms with Gasteiger partial charge in [-0.1, -0.05) is 54.6 Å². The van der Waals surface area contributed by atoms with Crippen molar-refractivity contribution < 1.29 is 4.92 Å². The van der Waals surface area contributed by atoms with E-state index in [0.717, 1.165) is 5.56 Å². The third-order valence-electron chi connectivity index (χ3n) is 4.44. The van der Waals surface area contributed by atoms with Gasteiger partial charge in [-0.25, -0.2) is 4.68 Å². The minimum absolute atomic E-state index is 0.0103. The third kappa shape index (κ3) is 3.59. The molecule has 4 rings (SSSR count). The Morgan fingerprint density at radius 2 is 1.57 bits per heavy atom. The first-order valence-electron chi connectivity index (χ1n) is 8.96. The number of rotatable bonds is 5. The third-order valence-corrected chi connectivity index (χ3v) is 4.44. The Kier molecular flexibility index (Phi) is 4.92. The molecule has 0 fully saturated rings. The summed E-state index contributed by atoms with van der Waals surface area (Å²) in [6, 6.07) is 22.7. The predicted molar refractivity (Wildman–Crippen MR) is 114 cm³/mol. The monoisotopic (exact) mass is 400 g/mol. The highest BCUT2D eigenvalue weighted by atomic mass is 16.6. The van der Waals surface area contributed by atoms with Crippen LogP contribution in [0.1, 0.15) is 0 Å². The number of para-hydroxylation sites is 1. The van der Waals surface area contributed by atoms with Crippen molar-refractivity contribution in [3.05, 3.63) is 99.3 Å². The molecule has 0 spiro atoms. The van der Waals surface area contributed by atoms with E-state index in [1.54, 1.807) is 30.3 Å². The molecular formula is C21H16N6O3. The first-order chi connectivity index (χ1) is 14.5. The van der Waals surface area contributed by atoms with Gasteiger partial charge < -0.3 is 5.73 Å². The lowest BCUT2D eigenvalue weighted by Gasteiger charge is -2.03. The number of benzene rings is 3. The standard InChI is InChI=1S/C21H16N6O3/c22-20-19(21(28)26(25-20)16-9-5-2-6-10-16)24-23-17-12-11-15(13-18(17)27(29)30)14-7-3-1-4-8-14/h1-13,25H,22H2.